The fourth-order valence-electron chi connectivity index (χ4n) is 1.88. The molecule has 0 bridgehead atoms. The van der Waals surface area contributed by atoms with Crippen LogP contribution in [0.15, 0.2) is 24.3 Å². The molecule has 1 heterocycles. The number of hydrogen-bond acceptors (Lipinski definition) is 4. The fraction of sp³-hybridized carbons (Fsp3) is 0.357. The number of anilines is 1. The SMILES string of the molecule is CC(=O)Nc1ccc(CNC(=O)CN2CSCC2=O)cc1. The molecule has 0 aliphatic carbocycles. The Labute approximate surface area is 127 Å². The van der Waals surface area contributed by atoms with Gasteiger partial charge in [-0.05, 0) is 17.7 Å². The van der Waals surface area contributed by atoms with Crippen LogP contribution in [0.3, 0.4) is 0 Å². The van der Waals surface area contributed by atoms with E-state index in [9.17, 15) is 14.4 Å². The van der Waals surface area contributed by atoms with E-state index in [0.717, 1.165) is 11.3 Å². The van der Waals surface area contributed by atoms with E-state index in [1.54, 1.807) is 17.0 Å². The van der Waals surface area contributed by atoms with E-state index in [1.165, 1.54) is 18.7 Å². The Hall–Kier alpha value is -2.02. The Morgan fingerprint density at radius 3 is 2.57 bits per heavy atom. The molecule has 0 saturated carbocycles. The minimum Gasteiger partial charge on any atom is -0.350 e. The Balaban J connectivity index is 1.78. The lowest BCUT2D eigenvalue weighted by Crippen LogP contribution is -2.37. The van der Waals surface area contributed by atoms with Gasteiger partial charge in [0.2, 0.25) is 17.7 Å². The molecule has 2 N–H and O–H groups in total. The molecule has 1 aliphatic heterocycles. The molecule has 1 aromatic rings. The first-order valence-electron chi connectivity index (χ1n) is 6.53. The molecule has 0 spiro atoms. The molecular formula is C14H17N3O3S. The highest BCUT2D eigenvalue weighted by atomic mass is 32.2. The molecule has 112 valence electrons. The molecule has 1 saturated heterocycles. The summed E-state index contributed by atoms with van der Waals surface area (Å²) in [5.41, 5.74) is 1.65. The zero-order valence-electron chi connectivity index (χ0n) is 11.7. The maximum Gasteiger partial charge on any atom is 0.239 e. The van der Waals surface area contributed by atoms with E-state index in [1.807, 2.05) is 12.1 Å². The number of thioether (sulfide) groups is 1. The van der Waals surface area contributed by atoms with Crippen LogP contribution in [0.2, 0.25) is 0 Å². The van der Waals surface area contributed by atoms with Crippen LogP contribution in [0.5, 0.6) is 0 Å². The largest absolute Gasteiger partial charge is 0.350 e. The van der Waals surface area contributed by atoms with E-state index < -0.39 is 0 Å². The van der Waals surface area contributed by atoms with Gasteiger partial charge in [0.1, 0.15) is 6.54 Å². The molecule has 21 heavy (non-hydrogen) atoms. The standard InChI is InChI=1S/C14H17N3O3S/c1-10(18)16-12-4-2-11(3-5-12)6-15-13(19)7-17-9-21-8-14(17)20/h2-5H,6-9H2,1H3,(H,15,19)(H,16,18). The van der Waals surface area contributed by atoms with Gasteiger partial charge in [-0.2, -0.15) is 0 Å². The molecule has 1 aliphatic rings. The molecule has 6 nitrogen and oxygen atoms in total. The molecule has 0 radical (unpaired) electrons. The summed E-state index contributed by atoms with van der Waals surface area (Å²) in [6, 6.07) is 7.23. The molecule has 1 aromatic carbocycles. The van der Waals surface area contributed by atoms with Gasteiger partial charge < -0.3 is 15.5 Å². The third-order valence-corrected chi connectivity index (χ3v) is 3.87. The third kappa shape index (κ3) is 4.78. The lowest BCUT2D eigenvalue weighted by molar-refractivity contribution is -0.132. The predicted octanol–water partition coefficient (Wildman–Crippen LogP) is 0.794. The van der Waals surface area contributed by atoms with Crippen molar-refractivity contribution in [2.24, 2.45) is 0 Å². The molecule has 1 fully saturated rings. The summed E-state index contributed by atoms with van der Waals surface area (Å²) in [5, 5.41) is 5.45. The van der Waals surface area contributed by atoms with Crippen molar-refractivity contribution in [1.82, 2.24) is 10.2 Å². The van der Waals surface area contributed by atoms with Crippen molar-refractivity contribution in [2.45, 2.75) is 13.5 Å². The van der Waals surface area contributed by atoms with Gasteiger partial charge in [0.15, 0.2) is 0 Å². The number of nitrogens with zero attached hydrogens (tertiary/aromatic N) is 1. The van der Waals surface area contributed by atoms with E-state index in [2.05, 4.69) is 10.6 Å². The third-order valence-electron chi connectivity index (χ3n) is 2.92. The van der Waals surface area contributed by atoms with Crippen molar-refractivity contribution in [1.29, 1.82) is 0 Å². The maximum atomic E-state index is 11.8. The zero-order chi connectivity index (χ0) is 15.2. The normalized spacial score (nSPS) is 14.1. The average Bonchev–Trinajstić information content (AvgIpc) is 2.83. The molecule has 0 aromatic heterocycles. The average molecular weight is 307 g/mol. The second-order valence-corrected chi connectivity index (χ2v) is 5.68. The van der Waals surface area contributed by atoms with Crippen LogP contribution in [-0.4, -0.2) is 40.8 Å². The van der Waals surface area contributed by atoms with Gasteiger partial charge in [0, 0.05) is 19.2 Å². The van der Waals surface area contributed by atoms with Crippen LogP contribution in [-0.2, 0) is 20.9 Å². The van der Waals surface area contributed by atoms with Gasteiger partial charge >= 0.3 is 0 Å². The first-order valence-corrected chi connectivity index (χ1v) is 7.69. The second-order valence-electron chi connectivity index (χ2n) is 4.72. The molecule has 0 unspecified atom stereocenters. The first-order chi connectivity index (χ1) is 10.0. The van der Waals surface area contributed by atoms with E-state index in [4.69, 9.17) is 0 Å². The fourth-order valence-corrected chi connectivity index (χ4v) is 2.78. The lowest BCUT2D eigenvalue weighted by atomic mass is 10.2. The van der Waals surface area contributed by atoms with Gasteiger partial charge in [-0.1, -0.05) is 12.1 Å². The van der Waals surface area contributed by atoms with Crippen molar-refractivity contribution in [3.05, 3.63) is 29.8 Å². The smallest absolute Gasteiger partial charge is 0.239 e. The lowest BCUT2D eigenvalue weighted by Gasteiger charge is -2.14. The summed E-state index contributed by atoms with van der Waals surface area (Å²) >= 11 is 1.52. The zero-order valence-corrected chi connectivity index (χ0v) is 12.5. The summed E-state index contributed by atoms with van der Waals surface area (Å²) in [7, 11) is 0. The van der Waals surface area contributed by atoms with Gasteiger partial charge in [-0.15, -0.1) is 11.8 Å². The highest BCUT2D eigenvalue weighted by Crippen LogP contribution is 2.14. The Morgan fingerprint density at radius 1 is 1.29 bits per heavy atom. The van der Waals surface area contributed by atoms with Crippen LogP contribution in [0.1, 0.15) is 12.5 Å². The molecule has 3 amide bonds. The Morgan fingerprint density at radius 2 is 2.00 bits per heavy atom. The number of carbonyl (C=O) groups is 3. The number of nitrogens with one attached hydrogen (secondary N) is 2. The van der Waals surface area contributed by atoms with E-state index in [-0.39, 0.29) is 24.3 Å². The van der Waals surface area contributed by atoms with Crippen molar-refractivity contribution < 1.29 is 14.4 Å². The number of hydrogen-bond donors (Lipinski definition) is 2. The highest BCUT2D eigenvalue weighted by molar-refractivity contribution is 8.00. The van der Waals surface area contributed by atoms with Crippen LogP contribution in [0.4, 0.5) is 5.69 Å². The number of carbonyl (C=O) groups excluding carboxylic acids is 3. The first kappa shape index (κ1) is 15.4. The maximum absolute atomic E-state index is 11.8. The van der Waals surface area contributed by atoms with Crippen LogP contribution in [0.25, 0.3) is 0 Å². The van der Waals surface area contributed by atoms with Crippen molar-refractivity contribution in [3.63, 3.8) is 0 Å². The monoisotopic (exact) mass is 307 g/mol. The number of benzene rings is 1. The number of amides is 3. The molecule has 0 atom stereocenters. The predicted molar refractivity (Wildman–Crippen MR) is 81.6 cm³/mol. The summed E-state index contributed by atoms with van der Waals surface area (Å²) in [6.45, 7) is 1.95. The molecule has 2 rings (SSSR count). The van der Waals surface area contributed by atoms with Crippen LogP contribution in [0, 0.1) is 0 Å². The minimum absolute atomic E-state index is 0.00908. The molecule has 7 heteroatoms. The highest BCUT2D eigenvalue weighted by Gasteiger charge is 2.22. The van der Waals surface area contributed by atoms with Crippen LogP contribution >= 0.6 is 11.8 Å². The summed E-state index contributed by atoms with van der Waals surface area (Å²) < 4.78 is 0. The van der Waals surface area contributed by atoms with E-state index >= 15 is 0 Å². The quantitative estimate of drug-likeness (QED) is 0.843. The van der Waals surface area contributed by atoms with Crippen molar-refractivity contribution in [2.75, 3.05) is 23.5 Å². The van der Waals surface area contributed by atoms with E-state index in [0.29, 0.717) is 18.2 Å². The summed E-state index contributed by atoms with van der Waals surface area (Å²) in [6.07, 6.45) is 0. The van der Waals surface area contributed by atoms with Crippen LogP contribution < -0.4 is 10.6 Å². The summed E-state index contributed by atoms with van der Waals surface area (Å²) in [5.74, 6) is 0.756. The topological polar surface area (TPSA) is 78.5 Å². The molecular weight excluding hydrogens is 290 g/mol. The van der Waals surface area contributed by atoms with Gasteiger partial charge in [-0.3, -0.25) is 14.4 Å². The Bertz CT molecular complexity index is 545. The van der Waals surface area contributed by atoms with Crippen molar-refractivity contribution in [3.8, 4) is 0 Å². The van der Waals surface area contributed by atoms with Gasteiger partial charge in [-0.25, -0.2) is 0 Å². The second kappa shape index (κ2) is 7.12. The Kier molecular flexibility index (Phi) is 5.21. The van der Waals surface area contributed by atoms with Gasteiger partial charge in [0.25, 0.3) is 0 Å². The van der Waals surface area contributed by atoms with Gasteiger partial charge in [0.05, 0.1) is 11.6 Å². The summed E-state index contributed by atoms with van der Waals surface area (Å²) in [4.78, 5) is 35.6. The number of rotatable bonds is 5. The van der Waals surface area contributed by atoms with Crippen molar-refractivity contribution >= 4 is 35.2 Å². The minimum atomic E-state index is -0.170.